The summed E-state index contributed by atoms with van der Waals surface area (Å²) in [6.45, 7) is 0. The van der Waals surface area contributed by atoms with Gasteiger partial charge in [0.2, 0.25) is 0 Å². The summed E-state index contributed by atoms with van der Waals surface area (Å²) in [5, 5.41) is 0. The maximum atomic E-state index is 6.06. The average molecular weight is 630 g/mol. The summed E-state index contributed by atoms with van der Waals surface area (Å²) >= 11 is 0. The van der Waals surface area contributed by atoms with E-state index in [1.807, 2.05) is 24.3 Å². The summed E-state index contributed by atoms with van der Waals surface area (Å²) in [6, 6.07) is 52.7. The van der Waals surface area contributed by atoms with E-state index in [0.717, 1.165) is 84.2 Å². The highest BCUT2D eigenvalue weighted by Gasteiger charge is 2.21. The SMILES string of the molecule is Nc1ccc(-n2c3ccc2cc2nc(cc4c(-c5ccccc5)c(-c5ccccc5)c(cc5nc(c3)C=C5)n4-c3ccccc3)C=C2)cc1. The van der Waals surface area contributed by atoms with Gasteiger partial charge in [-0.2, -0.15) is 0 Å². The Hall–Kier alpha value is -6.72. The Labute approximate surface area is 284 Å². The summed E-state index contributed by atoms with van der Waals surface area (Å²) in [4.78, 5) is 10.3. The first-order valence-corrected chi connectivity index (χ1v) is 16.4. The lowest BCUT2D eigenvalue weighted by atomic mass is 9.96. The number of fused-ring (bicyclic) bond motifs is 8. The summed E-state index contributed by atoms with van der Waals surface area (Å²) in [5.74, 6) is 0. The van der Waals surface area contributed by atoms with Crippen molar-refractivity contribution in [2.75, 3.05) is 5.73 Å². The van der Waals surface area contributed by atoms with E-state index in [2.05, 4.69) is 161 Å². The van der Waals surface area contributed by atoms with Gasteiger partial charge in [0, 0.05) is 39.2 Å². The predicted octanol–water partition coefficient (Wildman–Crippen LogP) is 10.5. The molecule has 2 aliphatic rings. The maximum absolute atomic E-state index is 6.06. The number of rotatable bonds is 4. The number of benzene rings is 4. The zero-order chi connectivity index (χ0) is 32.7. The van der Waals surface area contributed by atoms with E-state index in [1.165, 1.54) is 0 Å². The van der Waals surface area contributed by atoms with Crippen molar-refractivity contribution in [1.29, 1.82) is 0 Å². The van der Waals surface area contributed by atoms with Crippen LogP contribution < -0.4 is 5.73 Å². The lowest BCUT2D eigenvalue weighted by molar-refractivity contribution is 1.16. The molecule has 232 valence electrons. The number of hydrogen-bond donors (Lipinski definition) is 1. The van der Waals surface area contributed by atoms with Crippen LogP contribution in [0.2, 0.25) is 0 Å². The second kappa shape index (κ2) is 11.8. The molecule has 49 heavy (non-hydrogen) atoms. The van der Waals surface area contributed by atoms with Gasteiger partial charge in [0.1, 0.15) is 0 Å². The average Bonchev–Trinajstić information content (AvgIpc) is 3.93. The fraction of sp³-hybridized carbons (Fsp3) is 0. The molecular weight excluding hydrogens is 599 g/mol. The molecule has 2 aliphatic heterocycles. The number of nitrogen functional groups attached to an aromatic ring is 1. The molecule has 0 radical (unpaired) electrons. The summed E-state index contributed by atoms with van der Waals surface area (Å²) in [7, 11) is 0. The highest BCUT2D eigenvalue weighted by Crippen LogP contribution is 2.43. The number of para-hydroxylation sites is 1. The Morgan fingerprint density at radius 3 is 1.27 bits per heavy atom. The van der Waals surface area contributed by atoms with Crippen LogP contribution in [0, 0.1) is 0 Å². The van der Waals surface area contributed by atoms with Crippen LogP contribution in [0.15, 0.2) is 152 Å². The molecule has 0 saturated carbocycles. The van der Waals surface area contributed by atoms with Crippen molar-refractivity contribution in [3.05, 3.63) is 174 Å². The molecule has 0 fully saturated rings. The van der Waals surface area contributed by atoms with E-state index in [-0.39, 0.29) is 0 Å². The first-order valence-electron chi connectivity index (χ1n) is 16.4. The molecular formula is C44H31N5. The fourth-order valence-electron chi connectivity index (χ4n) is 6.84. The molecule has 5 heteroatoms. The van der Waals surface area contributed by atoms with Crippen molar-refractivity contribution in [2.24, 2.45) is 0 Å². The first-order chi connectivity index (χ1) is 24.2. The van der Waals surface area contributed by atoms with Gasteiger partial charge in [0.15, 0.2) is 0 Å². The number of anilines is 1. The molecule has 3 aromatic heterocycles. The van der Waals surface area contributed by atoms with Crippen molar-refractivity contribution >= 4 is 52.1 Å². The molecule has 0 atom stereocenters. The minimum absolute atomic E-state index is 0.727. The van der Waals surface area contributed by atoms with Gasteiger partial charge in [-0.1, -0.05) is 78.9 Å². The van der Waals surface area contributed by atoms with Crippen molar-refractivity contribution in [3.63, 3.8) is 0 Å². The lowest BCUT2D eigenvalue weighted by Gasteiger charge is -2.08. The van der Waals surface area contributed by atoms with Gasteiger partial charge < -0.3 is 14.9 Å². The van der Waals surface area contributed by atoms with Crippen LogP contribution in [0.3, 0.4) is 0 Å². The highest BCUT2D eigenvalue weighted by atomic mass is 15.0. The Morgan fingerprint density at radius 1 is 0.388 bits per heavy atom. The Kier molecular flexibility index (Phi) is 6.87. The molecule has 9 rings (SSSR count). The number of aromatic nitrogens is 4. The maximum Gasteiger partial charge on any atom is 0.0658 e. The van der Waals surface area contributed by atoms with Gasteiger partial charge in [-0.3, -0.25) is 0 Å². The molecule has 0 amide bonds. The Balaban J connectivity index is 1.47. The van der Waals surface area contributed by atoms with Gasteiger partial charge >= 0.3 is 0 Å². The molecule has 0 aliphatic carbocycles. The summed E-state index contributed by atoms with van der Waals surface area (Å²) in [6.07, 6.45) is 8.37. The normalized spacial score (nSPS) is 12.0. The number of nitrogens with zero attached hydrogens (tertiary/aromatic N) is 4. The Bertz CT molecular complexity index is 2440. The van der Waals surface area contributed by atoms with E-state index >= 15 is 0 Å². The molecule has 8 bridgehead atoms. The predicted molar refractivity (Wildman–Crippen MR) is 204 cm³/mol. The summed E-state index contributed by atoms with van der Waals surface area (Å²) < 4.78 is 4.57. The molecule has 0 unspecified atom stereocenters. The van der Waals surface area contributed by atoms with Gasteiger partial charge in [-0.05, 0) is 108 Å². The van der Waals surface area contributed by atoms with E-state index < -0.39 is 0 Å². The molecule has 7 aromatic rings. The molecule has 0 saturated heterocycles. The van der Waals surface area contributed by atoms with Crippen LogP contribution in [-0.4, -0.2) is 19.1 Å². The number of nitrogens with two attached hydrogens (primary N) is 1. The largest absolute Gasteiger partial charge is 0.399 e. The second-order valence-corrected chi connectivity index (χ2v) is 12.2. The second-order valence-electron chi connectivity index (χ2n) is 12.2. The van der Waals surface area contributed by atoms with Crippen molar-refractivity contribution in [1.82, 2.24) is 19.1 Å². The van der Waals surface area contributed by atoms with Crippen molar-refractivity contribution in [2.45, 2.75) is 0 Å². The lowest BCUT2D eigenvalue weighted by Crippen LogP contribution is -1.94. The Morgan fingerprint density at radius 2 is 0.796 bits per heavy atom. The third-order valence-electron chi connectivity index (χ3n) is 9.00. The van der Waals surface area contributed by atoms with E-state index in [0.29, 0.717) is 0 Å². The fourth-order valence-corrected chi connectivity index (χ4v) is 6.84. The van der Waals surface area contributed by atoms with Gasteiger partial charge in [-0.15, -0.1) is 0 Å². The van der Waals surface area contributed by atoms with E-state index in [1.54, 1.807) is 0 Å². The highest BCUT2D eigenvalue weighted by molar-refractivity contribution is 6.05. The number of hydrogen-bond acceptors (Lipinski definition) is 3. The minimum atomic E-state index is 0.727. The molecule has 4 aromatic carbocycles. The third-order valence-corrected chi connectivity index (χ3v) is 9.00. The van der Waals surface area contributed by atoms with Crippen molar-refractivity contribution < 1.29 is 0 Å². The molecule has 5 heterocycles. The van der Waals surface area contributed by atoms with Gasteiger partial charge in [-0.25, -0.2) is 9.97 Å². The van der Waals surface area contributed by atoms with Gasteiger partial charge in [0.25, 0.3) is 0 Å². The van der Waals surface area contributed by atoms with Crippen LogP contribution >= 0.6 is 0 Å². The van der Waals surface area contributed by atoms with Crippen LogP contribution in [0.1, 0.15) is 22.8 Å². The summed E-state index contributed by atoms with van der Waals surface area (Å²) in [5.41, 5.74) is 21.0. The monoisotopic (exact) mass is 629 g/mol. The standard InChI is InChI=1S/C44H31N5/c45-32-16-22-38(23-17-32)48-39-24-25-40(48)27-34-19-21-36(47-34)29-42-44(31-12-6-2-7-13-31)43(30-10-4-1-5-11-30)41(28-35-20-18-33(26-39)46-35)49(42)37-14-8-3-9-15-37/h1-29H,45H2. The molecule has 5 nitrogen and oxygen atoms in total. The van der Waals surface area contributed by atoms with E-state index in [4.69, 9.17) is 15.7 Å². The first kappa shape index (κ1) is 28.5. The van der Waals surface area contributed by atoms with Gasteiger partial charge in [0.05, 0.1) is 33.8 Å². The van der Waals surface area contributed by atoms with Crippen LogP contribution in [0.5, 0.6) is 0 Å². The smallest absolute Gasteiger partial charge is 0.0658 e. The van der Waals surface area contributed by atoms with Crippen LogP contribution in [0.25, 0.3) is 80.0 Å². The third kappa shape index (κ3) is 5.24. The topological polar surface area (TPSA) is 61.7 Å². The quantitative estimate of drug-likeness (QED) is 0.197. The molecule has 0 spiro atoms. The van der Waals surface area contributed by atoms with Crippen LogP contribution in [0.4, 0.5) is 5.69 Å². The zero-order valence-electron chi connectivity index (χ0n) is 26.6. The zero-order valence-corrected chi connectivity index (χ0v) is 26.6. The minimum Gasteiger partial charge on any atom is -0.399 e. The van der Waals surface area contributed by atoms with Crippen LogP contribution in [-0.2, 0) is 0 Å². The van der Waals surface area contributed by atoms with E-state index in [9.17, 15) is 0 Å². The molecule has 2 N–H and O–H groups in total. The van der Waals surface area contributed by atoms with Crippen molar-refractivity contribution in [3.8, 4) is 33.6 Å².